The molecule has 1 fully saturated rings. The van der Waals surface area contributed by atoms with Crippen molar-refractivity contribution >= 4 is 35.2 Å². The van der Waals surface area contributed by atoms with Gasteiger partial charge in [-0.2, -0.15) is 0 Å². The number of carboxylic acid groups (broad SMARTS) is 1. The van der Waals surface area contributed by atoms with E-state index in [1.54, 1.807) is 18.2 Å². The summed E-state index contributed by atoms with van der Waals surface area (Å²) in [5.74, 6) is -3.03. The van der Waals surface area contributed by atoms with Crippen LogP contribution in [-0.2, 0) is 9.59 Å². The molecule has 2 rings (SSSR count). The third-order valence-corrected chi connectivity index (χ3v) is 3.06. The smallest absolute Gasteiger partial charge is 0.328 e. The summed E-state index contributed by atoms with van der Waals surface area (Å²) in [5.41, 5.74) is 0.448. The molecule has 1 aliphatic rings. The number of aliphatic carboxylic acids is 1. The van der Waals surface area contributed by atoms with Gasteiger partial charge in [-0.05, 0) is 24.6 Å². The summed E-state index contributed by atoms with van der Waals surface area (Å²) in [7, 11) is 0. The van der Waals surface area contributed by atoms with Crippen LogP contribution in [0.4, 0.5) is 10.5 Å². The lowest BCUT2D eigenvalue weighted by Gasteiger charge is -2.15. The van der Waals surface area contributed by atoms with Crippen molar-refractivity contribution in [1.29, 1.82) is 0 Å². The number of anilines is 1. The van der Waals surface area contributed by atoms with Gasteiger partial charge in [0.05, 0.1) is 0 Å². The standard InChI is InChI=1S/C12H11ClN2O4/c13-7-2-1-3-8(6-7)14-12(19)15-5-4-9(10(15)16)11(17)18/h1-3,6,9H,4-5H2,(H,14,19)(H,17,18). The van der Waals surface area contributed by atoms with Crippen LogP contribution in [0.15, 0.2) is 24.3 Å². The Labute approximate surface area is 114 Å². The van der Waals surface area contributed by atoms with E-state index in [-0.39, 0.29) is 13.0 Å². The number of nitrogens with zero attached hydrogens (tertiary/aromatic N) is 1. The van der Waals surface area contributed by atoms with Crippen LogP contribution in [0, 0.1) is 5.92 Å². The first-order valence-electron chi connectivity index (χ1n) is 5.60. The van der Waals surface area contributed by atoms with Crippen LogP contribution in [0.25, 0.3) is 0 Å². The zero-order valence-electron chi connectivity index (χ0n) is 9.80. The van der Waals surface area contributed by atoms with Crippen LogP contribution < -0.4 is 5.32 Å². The lowest BCUT2D eigenvalue weighted by atomic mass is 10.1. The maximum absolute atomic E-state index is 11.9. The number of amides is 3. The van der Waals surface area contributed by atoms with Crippen molar-refractivity contribution in [1.82, 2.24) is 4.90 Å². The summed E-state index contributed by atoms with van der Waals surface area (Å²) < 4.78 is 0. The molecule has 0 saturated carbocycles. The van der Waals surface area contributed by atoms with E-state index in [0.29, 0.717) is 10.7 Å². The van der Waals surface area contributed by atoms with Gasteiger partial charge in [-0.3, -0.25) is 14.5 Å². The predicted molar refractivity (Wildman–Crippen MR) is 67.9 cm³/mol. The molecule has 2 N–H and O–H groups in total. The van der Waals surface area contributed by atoms with Crippen molar-refractivity contribution in [2.45, 2.75) is 6.42 Å². The molecular weight excluding hydrogens is 272 g/mol. The fourth-order valence-corrected chi connectivity index (χ4v) is 2.06. The number of likely N-dealkylation sites (tertiary alicyclic amines) is 1. The van der Waals surface area contributed by atoms with Crippen molar-refractivity contribution in [3.8, 4) is 0 Å². The minimum Gasteiger partial charge on any atom is -0.481 e. The van der Waals surface area contributed by atoms with Crippen LogP contribution >= 0.6 is 11.6 Å². The summed E-state index contributed by atoms with van der Waals surface area (Å²) >= 11 is 5.77. The van der Waals surface area contributed by atoms with Crippen LogP contribution in [0.2, 0.25) is 5.02 Å². The number of carbonyl (C=O) groups excluding carboxylic acids is 2. The molecule has 6 nitrogen and oxygen atoms in total. The van der Waals surface area contributed by atoms with Gasteiger partial charge in [0.1, 0.15) is 5.92 Å². The topological polar surface area (TPSA) is 86.7 Å². The molecule has 1 aliphatic heterocycles. The van der Waals surface area contributed by atoms with Crippen LogP contribution in [-0.4, -0.2) is 34.5 Å². The molecule has 1 heterocycles. The monoisotopic (exact) mass is 282 g/mol. The highest BCUT2D eigenvalue weighted by atomic mass is 35.5. The molecule has 0 radical (unpaired) electrons. The number of rotatable bonds is 2. The molecule has 0 spiro atoms. The van der Waals surface area contributed by atoms with E-state index >= 15 is 0 Å². The van der Waals surface area contributed by atoms with Gasteiger partial charge >= 0.3 is 12.0 Å². The minimum absolute atomic E-state index is 0.0994. The maximum Gasteiger partial charge on any atom is 0.328 e. The van der Waals surface area contributed by atoms with Crippen molar-refractivity contribution < 1.29 is 19.5 Å². The zero-order chi connectivity index (χ0) is 14.0. The minimum atomic E-state index is -1.21. The van der Waals surface area contributed by atoms with Gasteiger partial charge < -0.3 is 10.4 Å². The van der Waals surface area contributed by atoms with Crippen LogP contribution in [0.5, 0.6) is 0 Å². The van der Waals surface area contributed by atoms with E-state index in [1.165, 1.54) is 6.07 Å². The fourth-order valence-electron chi connectivity index (χ4n) is 1.87. The van der Waals surface area contributed by atoms with Crippen molar-refractivity contribution in [2.24, 2.45) is 5.92 Å². The average Bonchev–Trinajstić information content (AvgIpc) is 2.71. The van der Waals surface area contributed by atoms with Crippen molar-refractivity contribution in [2.75, 3.05) is 11.9 Å². The van der Waals surface area contributed by atoms with Crippen LogP contribution in [0.3, 0.4) is 0 Å². The van der Waals surface area contributed by atoms with Gasteiger partial charge in [-0.1, -0.05) is 17.7 Å². The molecule has 1 atom stereocenters. The summed E-state index contributed by atoms with van der Waals surface area (Å²) in [4.78, 5) is 35.3. The molecule has 0 aromatic heterocycles. The number of hydrogen-bond acceptors (Lipinski definition) is 3. The van der Waals surface area contributed by atoms with Crippen molar-refractivity contribution in [3.63, 3.8) is 0 Å². The fraction of sp³-hybridized carbons (Fsp3) is 0.250. The molecule has 1 aromatic rings. The molecule has 1 saturated heterocycles. The first-order chi connectivity index (χ1) is 8.99. The van der Waals surface area contributed by atoms with Crippen molar-refractivity contribution in [3.05, 3.63) is 29.3 Å². The summed E-state index contributed by atoms with van der Waals surface area (Å²) in [6, 6.07) is 5.83. The maximum atomic E-state index is 11.9. The highest BCUT2D eigenvalue weighted by molar-refractivity contribution is 6.30. The lowest BCUT2D eigenvalue weighted by Crippen LogP contribution is -2.38. The Bertz CT molecular complexity index is 546. The Morgan fingerprint density at radius 1 is 1.42 bits per heavy atom. The first-order valence-corrected chi connectivity index (χ1v) is 5.97. The summed E-state index contributed by atoms with van der Waals surface area (Å²) in [6.45, 7) is 0.0994. The lowest BCUT2D eigenvalue weighted by molar-refractivity contribution is -0.146. The SMILES string of the molecule is O=C(O)C1CCN(C(=O)Nc2cccc(Cl)c2)C1=O. The highest BCUT2D eigenvalue weighted by Crippen LogP contribution is 2.20. The Morgan fingerprint density at radius 3 is 2.74 bits per heavy atom. The van der Waals surface area contributed by atoms with E-state index < -0.39 is 23.8 Å². The number of halogens is 1. The van der Waals surface area contributed by atoms with E-state index in [1.807, 2.05) is 0 Å². The summed E-state index contributed by atoms with van der Waals surface area (Å²) in [5, 5.41) is 11.8. The molecule has 3 amide bonds. The first kappa shape index (κ1) is 13.4. The van der Waals surface area contributed by atoms with Gasteiger partial charge in [-0.25, -0.2) is 4.79 Å². The van der Waals surface area contributed by atoms with E-state index in [2.05, 4.69) is 5.32 Å². The number of benzene rings is 1. The molecule has 19 heavy (non-hydrogen) atoms. The average molecular weight is 283 g/mol. The van der Waals surface area contributed by atoms with Gasteiger partial charge in [0, 0.05) is 17.3 Å². The number of nitrogens with one attached hydrogen (secondary N) is 1. The third kappa shape index (κ3) is 2.85. The predicted octanol–water partition coefficient (Wildman–Crippen LogP) is 1.80. The summed E-state index contributed by atoms with van der Waals surface area (Å²) in [6.07, 6.45) is 0.136. The van der Waals surface area contributed by atoms with Gasteiger partial charge in [0.2, 0.25) is 5.91 Å². The molecule has 7 heteroatoms. The second-order valence-electron chi connectivity index (χ2n) is 4.11. The largest absolute Gasteiger partial charge is 0.481 e. The number of carboxylic acids is 1. The molecule has 0 bridgehead atoms. The zero-order valence-corrected chi connectivity index (χ0v) is 10.6. The number of urea groups is 1. The number of carbonyl (C=O) groups is 3. The van der Waals surface area contributed by atoms with E-state index in [9.17, 15) is 14.4 Å². The second-order valence-corrected chi connectivity index (χ2v) is 4.55. The molecule has 1 unspecified atom stereocenters. The number of imide groups is 1. The molecule has 1 aromatic carbocycles. The van der Waals surface area contributed by atoms with Gasteiger partial charge in [-0.15, -0.1) is 0 Å². The Morgan fingerprint density at radius 2 is 2.16 bits per heavy atom. The molecular formula is C12H11ClN2O4. The molecule has 0 aliphatic carbocycles. The second kappa shape index (κ2) is 5.27. The Kier molecular flexibility index (Phi) is 3.71. The third-order valence-electron chi connectivity index (χ3n) is 2.82. The van der Waals surface area contributed by atoms with E-state index in [0.717, 1.165) is 4.90 Å². The van der Waals surface area contributed by atoms with Gasteiger partial charge in [0.25, 0.3) is 0 Å². The number of hydrogen-bond donors (Lipinski definition) is 2. The van der Waals surface area contributed by atoms with Gasteiger partial charge in [0.15, 0.2) is 0 Å². The quantitative estimate of drug-likeness (QED) is 0.810. The highest BCUT2D eigenvalue weighted by Gasteiger charge is 2.40. The Hall–Kier alpha value is -2.08. The normalized spacial score (nSPS) is 18.5. The van der Waals surface area contributed by atoms with E-state index in [4.69, 9.17) is 16.7 Å². The Balaban J connectivity index is 2.05. The molecule has 100 valence electrons. The van der Waals surface area contributed by atoms with Crippen LogP contribution in [0.1, 0.15) is 6.42 Å².